The SMILES string of the molecule is Cl.NC1(C(=O)NCc2ccc3c(c2)OCCO3)CCCC1. The predicted octanol–water partition coefficient (Wildman–Crippen LogP) is 1.77. The summed E-state index contributed by atoms with van der Waals surface area (Å²) in [5.41, 5.74) is 6.44. The van der Waals surface area contributed by atoms with Crippen molar-refractivity contribution in [2.75, 3.05) is 13.2 Å². The van der Waals surface area contributed by atoms with Crippen LogP contribution >= 0.6 is 12.4 Å². The molecule has 6 heteroatoms. The molecule has 1 aliphatic heterocycles. The van der Waals surface area contributed by atoms with Gasteiger partial charge in [0.15, 0.2) is 11.5 Å². The van der Waals surface area contributed by atoms with Crippen LogP contribution in [0.5, 0.6) is 11.5 Å². The van der Waals surface area contributed by atoms with E-state index >= 15 is 0 Å². The van der Waals surface area contributed by atoms with Crippen LogP contribution in [0.15, 0.2) is 18.2 Å². The second-order valence-electron chi connectivity index (χ2n) is 5.52. The lowest BCUT2D eigenvalue weighted by Crippen LogP contribution is -2.51. The molecular formula is C15H21ClN2O3. The molecule has 21 heavy (non-hydrogen) atoms. The van der Waals surface area contributed by atoms with E-state index in [0.29, 0.717) is 19.8 Å². The molecule has 5 nitrogen and oxygen atoms in total. The van der Waals surface area contributed by atoms with Gasteiger partial charge in [0.1, 0.15) is 13.2 Å². The van der Waals surface area contributed by atoms with Crippen molar-refractivity contribution in [3.63, 3.8) is 0 Å². The van der Waals surface area contributed by atoms with Crippen LogP contribution in [0, 0.1) is 0 Å². The van der Waals surface area contributed by atoms with E-state index in [1.807, 2.05) is 18.2 Å². The third-order valence-electron chi connectivity index (χ3n) is 4.01. The van der Waals surface area contributed by atoms with Gasteiger partial charge in [-0.25, -0.2) is 0 Å². The number of carbonyl (C=O) groups excluding carboxylic acids is 1. The molecule has 0 aromatic heterocycles. The quantitative estimate of drug-likeness (QED) is 0.892. The summed E-state index contributed by atoms with van der Waals surface area (Å²) in [6.45, 7) is 1.61. The standard InChI is InChI=1S/C15H20N2O3.ClH/c16-15(5-1-2-6-15)14(18)17-10-11-3-4-12-13(9-11)20-8-7-19-12;/h3-4,9H,1-2,5-8,10,16H2,(H,17,18);1H. The molecule has 1 fully saturated rings. The van der Waals surface area contributed by atoms with Crippen molar-refractivity contribution in [3.05, 3.63) is 23.8 Å². The number of amides is 1. The first-order valence-corrected chi connectivity index (χ1v) is 7.13. The highest BCUT2D eigenvalue weighted by atomic mass is 35.5. The Balaban J connectivity index is 0.00000161. The Bertz CT molecular complexity index is 516. The van der Waals surface area contributed by atoms with Gasteiger partial charge in [-0.2, -0.15) is 0 Å². The maximum Gasteiger partial charge on any atom is 0.240 e. The fraction of sp³-hybridized carbons (Fsp3) is 0.533. The Morgan fingerprint density at radius 3 is 2.57 bits per heavy atom. The predicted molar refractivity (Wildman–Crippen MR) is 81.9 cm³/mol. The van der Waals surface area contributed by atoms with Crippen LogP contribution in [0.1, 0.15) is 31.2 Å². The van der Waals surface area contributed by atoms with Crippen LogP contribution in [0.25, 0.3) is 0 Å². The summed E-state index contributed by atoms with van der Waals surface area (Å²) >= 11 is 0. The molecule has 2 aliphatic rings. The molecule has 0 unspecified atom stereocenters. The number of nitrogens with two attached hydrogens (primary N) is 1. The number of benzene rings is 1. The van der Waals surface area contributed by atoms with E-state index in [2.05, 4.69) is 5.32 Å². The molecule has 1 aliphatic carbocycles. The lowest BCUT2D eigenvalue weighted by Gasteiger charge is -2.23. The maximum atomic E-state index is 12.1. The van der Waals surface area contributed by atoms with Gasteiger partial charge in [0, 0.05) is 6.54 Å². The van der Waals surface area contributed by atoms with E-state index in [4.69, 9.17) is 15.2 Å². The molecule has 116 valence electrons. The van der Waals surface area contributed by atoms with E-state index in [1.54, 1.807) is 0 Å². The van der Waals surface area contributed by atoms with Crippen molar-refractivity contribution in [3.8, 4) is 11.5 Å². The first-order chi connectivity index (χ1) is 9.67. The maximum absolute atomic E-state index is 12.1. The number of hydrogen-bond donors (Lipinski definition) is 2. The molecule has 3 rings (SSSR count). The van der Waals surface area contributed by atoms with Crippen LogP contribution in [0.4, 0.5) is 0 Å². The Labute approximate surface area is 130 Å². The minimum absolute atomic E-state index is 0. The summed E-state index contributed by atoms with van der Waals surface area (Å²) in [6, 6.07) is 5.72. The number of hydrogen-bond acceptors (Lipinski definition) is 4. The van der Waals surface area contributed by atoms with Crippen LogP contribution < -0.4 is 20.5 Å². The van der Waals surface area contributed by atoms with E-state index in [9.17, 15) is 4.79 Å². The second-order valence-corrected chi connectivity index (χ2v) is 5.52. The minimum atomic E-state index is -0.673. The fourth-order valence-electron chi connectivity index (χ4n) is 2.79. The highest BCUT2D eigenvalue weighted by Gasteiger charge is 2.36. The molecule has 0 bridgehead atoms. The van der Waals surface area contributed by atoms with Crippen molar-refractivity contribution in [2.45, 2.75) is 37.8 Å². The third kappa shape index (κ3) is 3.41. The third-order valence-corrected chi connectivity index (χ3v) is 4.01. The molecule has 1 saturated carbocycles. The van der Waals surface area contributed by atoms with E-state index in [0.717, 1.165) is 42.7 Å². The lowest BCUT2D eigenvalue weighted by atomic mass is 9.98. The van der Waals surface area contributed by atoms with Crippen LogP contribution in [-0.2, 0) is 11.3 Å². The number of carbonyl (C=O) groups is 1. The Morgan fingerprint density at radius 1 is 1.19 bits per heavy atom. The van der Waals surface area contributed by atoms with Gasteiger partial charge in [-0.3, -0.25) is 4.79 Å². The lowest BCUT2D eigenvalue weighted by molar-refractivity contribution is -0.126. The minimum Gasteiger partial charge on any atom is -0.486 e. The van der Waals surface area contributed by atoms with Gasteiger partial charge in [0.25, 0.3) is 0 Å². The summed E-state index contributed by atoms with van der Waals surface area (Å²) in [7, 11) is 0. The normalized spacial score (nSPS) is 18.7. The monoisotopic (exact) mass is 312 g/mol. The summed E-state index contributed by atoms with van der Waals surface area (Å²) in [4.78, 5) is 12.1. The van der Waals surface area contributed by atoms with Gasteiger partial charge in [-0.05, 0) is 30.5 Å². The van der Waals surface area contributed by atoms with Crippen LogP contribution in [0.2, 0.25) is 0 Å². The Hall–Kier alpha value is -1.46. The van der Waals surface area contributed by atoms with Crippen molar-refractivity contribution in [2.24, 2.45) is 5.73 Å². The molecule has 1 heterocycles. The number of ether oxygens (including phenoxy) is 2. The van der Waals surface area contributed by atoms with Gasteiger partial charge < -0.3 is 20.5 Å². The van der Waals surface area contributed by atoms with Gasteiger partial charge in [0.2, 0.25) is 5.91 Å². The van der Waals surface area contributed by atoms with Crippen LogP contribution in [0.3, 0.4) is 0 Å². The molecule has 1 aromatic carbocycles. The molecule has 1 amide bonds. The zero-order chi connectivity index (χ0) is 14.0. The molecule has 0 atom stereocenters. The highest BCUT2D eigenvalue weighted by Crippen LogP contribution is 2.31. The van der Waals surface area contributed by atoms with Crippen LogP contribution in [-0.4, -0.2) is 24.7 Å². The number of rotatable bonds is 3. The zero-order valence-electron chi connectivity index (χ0n) is 11.9. The zero-order valence-corrected chi connectivity index (χ0v) is 12.7. The second kappa shape index (κ2) is 6.54. The average Bonchev–Trinajstić information content (AvgIpc) is 2.92. The van der Waals surface area contributed by atoms with Crippen molar-refractivity contribution < 1.29 is 14.3 Å². The van der Waals surface area contributed by atoms with Crippen molar-refractivity contribution >= 4 is 18.3 Å². The van der Waals surface area contributed by atoms with Gasteiger partial charge in [-0.1, -0.05) is 18.9 Å². The first kappa shape index (κ1) is 15.9. The van der Waals surface area contributed by atoms with E-state index in [1.165, 1.54) is 0 Å². The molecular weight excluding hydrogens is 292 g/mol. The molecule has 1 aromatic rings. The highest BCUT2D eigenvalue weighted by molar-refractivity contribution is 5.86. The smallest absolute Gasteiger partial charge is 0.240 e. The number of fused-ring (bicyclic) bond motifs is 1. The molecule has 0 radical (unpaired) electrons. The first-order valence-electron chi connectivity index (χ1n) is 7.13. The van der Waals surface area contributed by atoms with Crippen molar-refractivity contribution in [1.29, 1.82) is 0 Å². The fourth-order valence-corrected chi connectivity index (χ4v) is 2.79. The molecule has 3 N–H and O–H groups in total. The van der Waals surface area contributed by atoms with E-state index in [-0.39, 0.29) is 18.3 Å². The van der Waals surface area contributed by atoms with Crippen molar-refractivity contribution in [1.82, 2.24) is 5.32 Å². The van der Waals surface area contributed by atoms with Gasteiger partial charge in [-0.15, -0.1) is 12.4 Å². The average molecular weight is 313 g/mol. The number of nitrogens with one attached hydrogen (secondary N) is 1. The molecule has 0 saturated heterocycles. The topological polar surface area (TPSA) is 73.6 Å². The Morgan fingerprint density at radius 2 is 1.86 bits per heavy atom. The Kier molecular flexibility index (Phi) is 4.96. The number of halogens is 1. The summed E-state index contributed by atoms with van der Waals surface area (Å²) in [5, 5.41) is 2.93. The van der Waals surface area contributed by atoms with E-state index < -0.39 is 5.54 Å². The van der Waals surface area contributed by atoms with Gasteiger partial charge in [0.05, 0.1) is 5.54 Å². The van der Waals surface area contributed by atoms with Gasteiger partial charge >= 0.3 is 0 Å². The summed E-state index contributed by atoms with van der Waals surface area (Å²) in [6.07, 6.45) is 3.63. The largest absolute Gasteiger partial charge is 0.486 e. The molecule has 0 spiro atoms. The summed E-state index contributed by atoms with van der Waals surface area (Å²) < 4.78 is 11.0. The summed E-state index contributed by atoms with van der Waals surface area (Å²) in [5.74, 6) is 1.45.